The average Bonchev–Trinajstić information content (AvgIpc) is 2.79. The van der Waals surface area contributed by atoms with Crippen molar-refractivity contribution in [3.8, 4) is 5.75 Å². The first-order valence-electron chi connectivity index (χ1n) is 11.3. The summed E-state index contributed by atoms with van der Waals surface area (Å²) in [5.41, 5.74) is 3.86. The largest absolute Gasteiger partial charge is 0.492 e. The molecule has 0 spiro atoms. The molecule has 0 saturated carbocycles. The number of benzene rings is 2. The van der Waals surface area contributed by atoms with Gasteiger partial charge in [0.25, 0.3) is 0 Å². The van der Waals surface area contributed by atoms with E-state index in [0.29, 0.717) is 19.8 Å². The molecule has 1 fully saturated rings. The van der Waals surface area contributed by atoms with E-state index in [9.17, 15) is 5.11 Å². The van der Waals surface area contributed by atoms with E-state index in [1.807, 2.05) is 19.1 Å². The smallest absolute Gasteiger partial charge is 0.142 e. The van der Waals surface area contributed by atoms with Gasteiger partial charge in [0.15, 0.2) is 0 Å². The zero-order valence-corrected chi connectivity index (χ0v) is 18.0. The van der Waals surface area contributed by atoms with Gasteiger partial charge in [-0.1, -0.05) is 36.4 Å². The third-order valence-electron chi connectivity index (χ3n) is 6.15. The minimum atomic E-state index is -0.457. The number of piperazine rings is 1. The minimum absolute atomic E-state index is 0.122. The fourth-order valence-electron chi connectivity index (χ4n) is 4.63. The van der Waals surface area contributed by atoms with Crippen molar-refractivity contribution >= 4 is 5.69 Å². The number of ether oxygens (including phenoxy) is 2. The number of rotatable bonds is 8. The second-order valence-electron chi connectivity index (χ2n) is 8.26. The fraction of sp³-hybridized carbons (Fsp3) is 0.520. The molecule has 1 aliphatic heterocycles. The van der Waals surface area contributed by atoms with Crippen molar-refractivity contribution in [1.82, 2.24) is 4.90 Å². The molecule has 5 heteroatoms. The van der Waals surface area contributed by atoms with Crippen molar-refractivity contribution in [2.75, 3.05) is 50.8 Å². The molecule has 1 aliphatic carbocycles. The molecule has 0 unspecified atom stereocenters. The zero-order chi connectivity index (χ0) is 20.8. The Kier molecular flexibility index (Phi) is 7.26. The number of para-hydroxylation sites is 2. The lowest BCUT2D eigenvalue weighted by Gasteiger charge is -2.37. The summed E-state index contributed by atoms with van der Waals surface area (Å²) in [6.07, 6.45) is 3.00. The number of β-amino-alcohol motifs (C(OH)–C–C–N with tert-alkyl or cyclic N) is 1. The molecule has 2 aromatic rings. The van der Waals surface area contributed by atoms with Gasteiger partial charge in [-0.05, 0) is 49.4 Å². The van der Waals surface area contributed by atoms with Crippen molar-refractivity contribution in [3.05, 3.63) is 59.7 Å². The van der Waals surface area contributed by atoms with Crippen molar-refractivity contribution < 1.29 is 14.6 Å². The Morgan fingerprint density at radius 1 is 1.03 bits per heavy atom. The quantitative estimate of drug-likeness (QED) is 0.720. The summed E-state index contributed by atoms with van der Waals surface area (Å²) in [5, 5.41) is 10.6. The summed E-state index contributed by atoms with van der Waals surface area (Å²) in [7, 11) is 0. The topological polar surface area (TPSA) is 45.2 Å². The van der Waals surface area contributed by atoms with Gasteiger partial charge in [-0.2, -0.15) is 0 Å². The Balaban J connectivity index is 1.24. The number of fused-ring (bicyclic) bond motifs is 1. The number of hydrogen-bond donors (Lipinski definition) is 1. The number of nitrogens with zero attached hydrogens (tertiary/aromatic N) is 2. The lowest BCUT2D eigenvalue weighted by atomic mass is 9.89. The van der Waals surface area contributed by atoms with Crippen LogP contribution >= 0.6 is 0 Å². The van der Waals surface area contributed by atoms with Gasteiger partial charge in [-0.3, -0.25) is 4.90 Å². The van der Waals surface area contributed by atoms with Gasteiger partial charge in [-0.25, -0.2) is 0 Å². The van der Waals surface area contributed by atoms with Crippen molar-refractivity contribution in [1.29, 1.82) is 0 Å². The third-order valence-corrected chi connectivity index (χ3v) is 6.15. The fourth-order valence-corrected chi connectivity index (χ4v) is 4.63. The second-order valence-corrected chi connectivity index (χ2v) is 8.26. The van der Waals surface area contributed by atoms with Crippen molar-refractivity contribution in [3.63, 3.8) is 0 Å². The number of aryl methyl sites for hydroxylation is 1. The van der Waals surface area contributed by atoms with Gasteiger partial charge in [0, 0.05) is 32.7 Å². The number of hydrogen-bond acceptors (Lipinski definition) is 5. The number of aliphatic hydroxyl groups is 1. The monoisotopic (exact) mass is 410 g/mol. The van der Waals surface area contributed by atoms with Gasteiger partial charge < -0.3 is 19.5 Å². The molecule has 0 amide bonds. The Hall–Kier alpha value is -2.08. The third kappa shape index (κ3) is 5.15. The molecular formula is C25H34N2O3. The molecule has 1 N–H and O–H groups in total. The van der Waals surface area contributed by atoms with Gasteiger partial charge in [-0.15, -0.1) is 0 Å². The Bertz CT molecular complexity index is 804. The van der Waals surface area contributed by atoms with Crippen LogP contribution in [-0.2, 0) is 11.2 Å². The zero-order valence-electron chi connectivity index (χ0n) is 18.0. The molecule has 1 heterocycles. The molecule has 5 nitrogen and oxygen atoms in total. The molecule has 0 aromatic heterocycles. The first-order chi connectivity index (χ1) is 14.7. The van der Waals surface area contributed by atoms with Crippen LogP contribution < -0.4 is 9.64 Å². The van der Waals surface area contributed by atoms with Crippen molar-refractivity contribution in [2.45, 2.75) is 38.4 Å². The maximum atomic E-state index is 10.6. The first kappa shape index (κ1) is 21.2. The lowest BCUT2D eigenvalue weighted by Crippen LogP contribution is -2.49. The molecule has 0 radical (unpaired) electrons. The van der Waals surface area contributed by atoms with E-state index in [2.05, 4.69) is 46.2 Å². The van der Waals surface area contributed by atoms with Gasteiger partial charge in [0.1, 0.15) is 5.75 Å². The van der Waals surface area contributed by atoms with E-state index in [0.717, 1.165) is 51.2 Å². The van der Waals surface area contributed by atoms with Crippen LogP contribution in [0.15, 0.2) is 48.5 Å². The standard InChI is InChI=1S/C25H34N2O3/c1-2-29-25-12-6-5-11-23(25)27-16-14-26(15-17-27)18-21(28)19-30-24-13-7-9-20-8-3-4-10-22(20)24/h3-6,8,10-12,21,24,28H,2,7,9,13-19H2,1H3/t21-,24+/m1/s1. The molecule has 1 saturated heterocycles. The van der Waals surface area contributed by atoms with Crippen LogP contribution in [0.2, 0.25) is 0 Å². The molecule has 0 bridgehead atoms. The summed E-state index contributed by atoms with van der Waals surface area (Å²) in [5.74, 6) is 0.953. The Morgan fingerprint density at radius 2 is 1.80 bits per heavy atom. The Morgan fingerprint density at radius 3 is 2.63 bits per heavy atom. The molecule has 2 aliphatic rings. The van der Waals surface area contributed by atoms with Crippen LogP contribution in [0.5, 0.6) is 5.75 Å². The predicted molar refractivity (Wildman–Crippen MR) is 120 cm³/mol. The Labute approximate surface area is 180 Å². The van der Waals surface area contributed by atoms with E-state index in [1.54, 1.807) is 0 Å². The van der Waals surface area contributed by atoms with E-state index in [4.69, 9.17) is 9.47 Å². The van der Waals surface area contributed by atoms with Gasteiger partial charge >= 0.3 is 0 Å². The van der Waals surface area contributed by atoms with E-state index in [1.165, 1.54) is 16.8 Å². The first-order valence-corrected chi connectivity index (χ1v) is 11.3. The normalized spacial score (nSPS) is 20.6. The van der Waals surface area contributed by atoms with Crippen LogP contribution in [0, 0.1) is 0 Å². The van der Waals surface area contributed by atoms with Crippen LogP contribution in [0.4, 0.5) is 5.69 Å². The SMILES string of the molecule is CCOc1ccccc1N1CCN(C[C@@H](O)CO[C@H]2CCCc3ccccc32)CC1. The highest BCUT2D eigenvalue weighted by Crippen LogP contribution is 2.32. The number of aliphatic hydroxyl groups excluding tert-OH is 1. The highest BCUT2D eigenvalue weighted by Gasteiger charge is 2.24. The molecule has 30 heavy (non-hydrogen) atoms. The van der Waals surface area contributed by atoms with Crippen molar-refractivity contribution in [2.24, 2.45) is 0 Å². The molecule has 2 aromatic carbocycles. The predicted octanol–water partition coefficient (Wildman–Crippen LogP) is 3.66. The van der Waals surface area contributed by atoms with E-state index >= 15 is 0 Å². The molecule has 4 rings (SSSR count). The summed E-state index contributed by atoms with van der Waals surface area (Å²) in [4.78, 5) is 4.71. The summed E-state index contributed by atoms with van der Waals surface area (Å²) < 4.78 is 11.9. The van der Waals surface area contributed by atoms with Gasteiger partial charge in [0.05, 0.1) is 31.1 Å². The van der Waals surface area contributed by atoms with Crippen LogP contribution in [0.3, 0.4) is 0 Å². The van der Waals surface area contributed by atoms with Gasteiger partial charge in [0.2, 0.25) is 0 Å². The second kappa shape index (κ2) is 10.3. The highest BCUT2D eigenvalue weighted by atomic mass is 16.5. The summed E-state index contributed by atoms with van der Waals surface area (Å²) in [6.45, 7) is 7.50. The molecular weight excluding hydrogens is 376 g/mol. The molecule has 2 atom stereocenters. The number of anilines is 1. The van der Waals surface area contributed by atoms with Crippen LogP contribution in [0.25, 0.3) is 0 Å². The maximum absolute atomic E-state index is 10.6. The lowest BCUT2D eigenvalue weighted by molar-refractivity contribution is -0.0285. The van der Waals surface area contributed by atoms with Crippen LogP contribution in [0.1, 0.15) is 37.0 Å². The van der Waals surface area contributed by atoms with E-state index in [-0.39, 0.29) is 6.10 Å². The molecule has 162 valence electrons. The highest BCUT2D eigenvalue weighted by molar-refractivity contribution is 5.58. The minimum Gasteiger partial charge on any atom is -0.492 e. The van der Waals surface area contributed by atoms with E-state index < -0.39 is 6.10 Å². The summed E-state index contributed by atoms with van der Waals surface area (Å²) in [6, 6.07) is 16.8. The maximum Gasteiger partial charge on any atom is 0.142 e. The average molecular weight is 411 g/mol. The van der Waals surface area contributed by atoms with Crippen LogP contribution in [-0.4, -0.2) is 62.0 Å². The summed E-state index contributed by atoms with van der Waals surface area (Å²) >= 11 is 0.